The number of carbonyl (C=O) groups is 1. The molecule has 29 heavy (non-hydrogen) atoms. The summed E-state index contributed by atoms with van der Waals surface area (Å²) in [5, 5.41) is 2.93. The van der Waals surface area contributed by atoms with E-state index in [0.717, 1.165) is 10.0 Å². The monoisotopic (exact) mass is 480 g/mol. The normalized spacial score (nSPS) is 21.5. The zero-order chi connectivity index (χ0) is 21.2. The first-order valence-corrected chi connectivity index (χ1v) is 11.7. The van der Waals surface area contributed by atoms with Crippen molar-refractivity contribution in [3.8, 4) is 0 Å². The third kappa shape index (κ3) is 5.06. The molecule has 1 aliphatic heterocycles. The highest BCUT2D eigenvalue weighted by Crippen LogP contribution is 2.24. The highest BCUT2D eigenvalue weighted by Gasteiger charge is 2.32. The van der Waals surface area contributed by atoms with E-state index in [0.29, 0.717) is 18.7 Å². The molecule has 1 saturated heterocycles. The van der Waals surface area contributed by atoms with Crippen LogP contribution in [0.3, 0.4) is 0 Å². The van der Waals surface area contributed by atoms with Crippen LogP contribution in [0.5, 0.6) is 0 Å². The molecule has 0 radical (unpaired) electrons. The van der Waals surface area contributed by atoms with Crippen LogP contribution >= 0.6 is 15.9 Å². The fraction of sp³-hybridized carbons (Fsp3) is 0.381. The van der Waals surface area contributed by atoms with Crippen molar-refractivity contribution < 1.29 is 17.9 Å². The van der Waals surface area contributed by atoms with Crippen LogP contribution in [0.25, 0.3) is 0 Å². The summed E-state index contributed by atoms with van der Waals surface area (Å²) in [6.07, 6.45) is -0.352. The van der Waals surface area contributed by atoms with Gasteiger partial charge in [-0.2, -0.15) is 4.31 Å². The van der Waals surface area contributed by atoms with Crippen LogP contribution < -0.4 is 5.32 Å². The smallest absolute Gasteiger partial charge is 0.251 e. The first-order chi connectivity index (χ1) is 13.7. The number of benzene rings is 2. The lowest BCUT2D eigenvalue weighted by Gasteiger charge is -2.34. The minimum absolute atomic E-state index is 0.111. The van der Waals surface area contributed by atoms with E-state index in [2.05, 4.69) is 21.2 Å². The average Bonchev–Trinajstić information content (AvgIpc) is 2.67. The zero-order valence-corrected chi connectivity index (χ0v) is 19.0. The second-order valence-electron chi connectivity index (χ2n) is 7.32. The molecule has 0 aliphatic carbocycles. The molecular formula is C21H25BrN2O4S. The molecule has 156 valence electrons. The summed E-state index contributed by atoms with van der Waals surface area (Å²) in [7, 11) is -3.71. The third-order valence-electron chi connectivity index (χ3n) is 4.84. The molecule has 2 aromatic rings. The van der Waals surface area contributed by atoms with E-state index in [1.54, 1.807) is 12.1 Å². The SMILES string of the molecule is CC1CN(S(=O)(=O)c2cccc(C(=O)NC(C)c3ccccc3Br)c2)CC(C)O1. The second kappa shape index (κ2) is 8.95. The van der Waals surface area contributed by atoms with E-state index in [1.807, 2.05) is 45.0 Å². The van der Waals surface area contributed by atoms with E-state index in [9.17, 15) is 13.2 Å². The van der Waals surface area contributed by atoms with Gasteiger partial charge in [0.05, 0.1) is 23.1 Å². The lowest BCUT2D eigenvalue weighted by atomic mass is 10.1. The minimum atomic E-state index is -3.71. The van der Waals surface area contributed by atoms with Crippen molar-refractivity contribution in [3.05, 3.63) is 64.1 Å². The largest absolute Gasteiger partial charge is 0.373 e. The van der Waals surface area contributed by atoms with Gasteiger partial charge < -0.3 is 10.1 Å². The summed E-state index contributed by atoms with van der Waals surface area (Å²) in [5.74, 6) is -0.325. The van der Waals surface area contributed by atoms with Crippen molar-refractivity contribution in [2.24, 2.45) is 0 Å². The Labute approximate surface area is 180 Å². The first kappa shape index (κ1) is 22.0. The summed E-state index contributed by atoms with van der Waals surface area (Å²) in [4.78, 5) is 12.9. The minimum Gasteiger partial charge on any atom is -0.373 e. The molecule has 1 aliphatic rings. The van der Waals surface area contributed by atoms with E-state index in [-0.39, 0.29) is 29.1 Å². The van der Waals surface area contributed by atoms with E-state index >= 15 is 0 Å². The van der Waals surface area contributed by atoms with Gasteiger partial charge in [-0.3, -0.25) is 4.79 Å². The Morgan fingerprint density at radius 1 is 1.14 bits per heavy atom. The Morgan fingerprint density at radius 3 is 2.45 bits per heavy atom. The number of rotatable bonds is 5. The maximum atomic E-state index is 13.1. The Bertz CT molecular complexity index is 986. The molecule has 1 amide bonds. The maximum absolute atomic E-state index is 13.1. The number of amides is 1. The van der Waals surface area contributed by atoms with Gasteiger partial charge in [0.2, 0.25) is 10.0 Å². The molecule has 3 rings (SSSR count). The molecular weight excluding hydrogens is 456 g/mol. The molecule has 0 bridgehead atoms. The number of halogens is 1. The molecule has 6 nitrogen and oxygen atoms in total. The Hall–Kier alpha value is -1.74. The summed E-state index contributed by atoms with van der Waals surface area (Å²) in [6, 6.07) is 13.6. The highest BCUT2D eigenvalue weighted by molar-refractivity contribution is 9.10. The number of nitrogens with one attached hydrogen (secondary N) is 1. The predicted octanol–water partition coefficient (Wildman–Crippen LogP) is 3.74. The molecule has 3 atom stereocenters. The number of hydrogen-bond donors (Lipinski definition) is 1. The molecule has 1 fully saturated rings. The number of hydrogen-bond acceptors (Lipinski definition) is 4. The number of sulfonamides is 1. The number of nitrogens with zero attached hydrogens (tertiary/aromatic N) is 1. The van der Waals surface area contributed by atoms with Gasteiger partial charge in [-0.15, -0.1) is 0 Å². The molecule has 3 unspecified atom stereocenters. The predicted molar refractivity (Wildman–Crippen MR) is 115 cm³/mol. The van der Waals surface area contributed by atoms with Gasteiger partial charge in [0, 0.05) is 23.1 Å². The van der Waals surface area contributed by atoms with Gasteiger partial charge in [-0.05, 0) is 50.6 Å². The summed E-state index contributed by atoms with van der Waals surface area (Å²) < 4.78 is 34.1. The van der Waals surface area contributed by atoms with Crippen molar-refractivity contribution in [1.82, 2.24) is 9.62 Å². The lowest BCUT2D eigenvalue weighted by molar-refractivity contribution is -0.0440. The molecule has 0 aromatic heterocycles. The lowest BCUT2D eigenvalue weighted by Crippen LogP contribution is -2.48. The van der Waals surface area contributed by atoms with Crippen molar-refractivity contribution in [2.45, 2.75) is 43.9 Å². The third-order valence-corrected chi connectivity index (χ3v) is 7.39. The molecule has 2 aromatic carbocycles. The van der Waals surface area contributed by atoms with E-state index < -0.39 is 10.0 Å². The van der Waals surface area contributed by atoms with Crippen molar-refractivity contribution in [2.75, 3.05) is 13.1 Å². The Balaban J connectivity index is 1.80. The topological polar surface area (TPSA) is 75.7 Å². The molecule has 0 saturated carbocycles. The van der Waals surface area contributed by atoms with Crippen molar-refractivity contribution >= 4 is 31.9 Å². The zero-order valence-electron chi connectivity index (χ0n) is 16.6. The number of ether oxygens (including phenoxy) is 1. The van der Waals surface area contributed by atoms with Crippen LogP contribution in [0.15, 0.2) is 57.9 Å². The summed E-state index contributed by atoms with van der Waals surface area (Å²) >= 11 is 3.49. The first-order valence-electron chi connectivity index (χ1n) is 9.49. The standard InChI is InChI=1S/C21H25BrN2O4S/c1-14-12-24(13-15(2)28-14)29(26,27)18-8-6-7-17(11-18)21(25)23-16(3)19-9-4-5-10-20(19)22/h4-11,14-16H,12-13H2,1-3H3,(H,23,25). The fourth-order valence-corrected chi connectivity index (χ4v) is 5.72. The Morgan fingerprint density at radius 2 is 1.79 bits per heavy atom. The van der Waals surface area contributed by atoms with Crippen LogP contribution in [0.1, 0.15) is 42.7 Å². The van der Waals surface area contributed by atoms with Gasteiger partial charge in [0.25, 0.3) is 5.91 Å². The van der Waals surface area contributed by atoms with Crippen molar-refractivity contribution in [1.29, 1.82) is 0 Å². The fourth-order valence-electron chi connectivity index (χ4n) is 3.46. The quantitative estimate of drug-likeness (QED) is 0.706. The molecule has 8 heteroatoms. The van der Waals surface area contributed by atoms with E-state index in [1.165, 1.54) is 16.4 Å². The second-order valence-corrected chi connectivity index (χ2v) is 10.1. The average molecular weight is 481 g/mol. The molecule has 0 spiro atoms. The molecule has 1 N–H and O–H groups in total. The maximum Gasteiger partial charge on any atom is 0.251 e. The van der Waals surface area contributed by atoms with Gasteiger partial charge in [-0.25, -0.2) is 8.42 Å². The van der Waals surface area contributed by atoms with Crippen LogP contribution in [0.2, 0.25) is 0 Å². The van der Waals surface area contributed by atoms with Gasteiger partial charge >= 0.3 is 0 Å². The summed E-state index contributed by atoms with van der Waals surface area (Å²) in [5.41, 5.74) is 1.25. The van der Waals surface area contributed by atoms with Crippen LogP contribution in [-0.4, -0.2) is 43.9 Å². The van der Waals surface area contributed by atoms with Crippen molar-refractivity contribution in [3.63, 3.8) is 0 Å². The van der Waals surface area contributed by atoms with E-state index in [4.69, 9.17) is 4.74 Å². The van der Waals surface area contributed by atoms with Crippen LogP contribution in [0, 0.1) is 0 Å². The molecule has 1 heterocycles. The van der Waals surface area contributed by atoms with Crippen LogP contribution in [0.4, 0.5) is 0 Å². The number of morpholine rings is 1. The van der Waals surface area contributed by atoms with Gasteiger partial charge in [0.15, 0.2) is 0 Å². The van der Waals surface area contributed by atoms with Gasteiger partial charge in [-0.1, -0.05) is 40.2 Å². The number of carbonyl (C=O) groups excluding carboxylic acids is 1. The highest BCUT2D eigenvalue weighted by atomic mass is 79.9. The van der Waals surface area contributed by atoms with Gasteiger partial charge in [0.1, 0.15) is 0 Å². The summed E-state index contributed by atoms with van der Waals surface area (Å²) in [6.45, 7) is 6.18. The van der Waals surface area contributed by atoms with Crippen LogP contribution in [-0.2, 0) is 14.8 Å². The Kier molecular flexibility index (Phi) is 6.78.